The van der Waals surface area contributed by atoms with Crippen LogP contribution in [0, 0.1) is 46.3 Å². The van der Waals surface area contributed by atoms with E-state index in [1.165, 1.54) is 55.9 Å². The van der Waals surface area contributed by atoms with Crippen molar-refractivity contribution in [3.8, 4) is 0 Å². The smallest absolute Gasteiger partial charge is 0.339 e. The molecule has 4 aliphatic rings. The highest BCUT2D eigenvalue weighted by Crippen LogP contribution is 2.67. The third-order valence-electron chi connectivity index (χ3n) is 13.6. The van der Waals surface area contributed by atoms with E-state index in [1.807, 2.05) is 18.2 Å². The second-order valence-electron chi connectivity index (χ2n) is 16.4. The average Bonchev–Trinajstić information content (AvgIpc) is 3.37. The minimum Gasteiger partial charge on any atom is -0.458 e. The molecule has 3 heteroatoms. The van der Waals surface area contributed by atoms with Gasteiger partial charge in [-0.3, -0.25) is 0 Å². The Hall–Kier alpha value is -2.65. The van der Waals surface area contributed by atoms with Gasteiger partial charge in [0.25, 0.3) is 0 Å². The van der Waals surface area contributed by atoms with Gasteiger partial charge in [-0.05, 0) is 119 Å². The molecule has 3 saturated carbocycles. The summed E-state index contributed by atoms with van der Waals surface area (Å²) in [6.07, 6.45) is 13.3. The zero-order valence-electron chi connectivity index (χ0n) is 28.2. The van der Waals surface area contributed by atoms with Crippen LogP contribution in [0.4, 0.5) is 0 Å². The summed E-state index contributed by atoms with van der Waals surface area (Å²) < 4.78 is 6.61. The maximum Gasteiger partial charge on any atom is 0.339 e. The number of esters is 1. The predicted molar refractivity (Wildman–Crippen MR) is 185 cm³/mol. The summed E-state index contributed by atoms with van der Waals surface area (Å²) in [5.74, 6) is 4.00. The molecule has 0 aliphatic heterocycles. The molecule has 0 amide bonds. The number of aliphatic hydroxyl groups is 1. The van der Waals surface area contributed by atoms with Crippen LogP contribution in [0.1, 0.15) is 109 Å². The second-order valence-corrected chi connectivity index (χ2v) is 16.4. The van der Waals surface area contributed by atoms with E-state index >= 15 is 0 Å². The van der Waals surface area contributed by atoms with E-state index in [4.69, 9.17) is 4.74 Å². The van der Waals surface area contributed by atoms with Crippen LogP contribution < -0.4 is 0 Å². The van der Waals surface area contributed by atoms with Crippen LogP contribution in [0.15, 0.2) is 66.2 Å². The molecule has 7 rings (SSSR count). The van der Waals surface area contributed by atoms with Crippen molar-refractivity contribution in [1.29, 1.82) is 0 Å². The van der Waals surface area contributed by atoms with E-state index < -0.39 is 6.10 Å². The highest BCUT2D eigenvalue weighted by Gasteiger charge is 2.61. The van der Waals surface area contributed by atoms with E-state index in [-0.39, 0.29) is 17.5 Å². The molecule has 0 spiro atoms. The molecule has 3 fully saturated rings. The molecule has 1 N–H and O–H groups in total. The molecule has 4 aliphatic carbocycles. The van der Waals surface area contributed by atoms with Gasteiger partial charge in [-0.15, -0.1) is 0 Å². The summed E-state index contributed by atoms with van der Waals surface area (Å²) in [4.78, 5) is 14.1. The highest BCUT2D eigenvalue weighted by molar-refractivity contribution is 6.09. The van der Waals surface area contributed by atoms with Crippen LogP contribution in [0.5, 0.6) is 0 Å². The standard InChI is InChI=1S/C42H54O3/c1-26(2)10-8-11-27(3)36-18-19-37-34-17-16-31-24-32(43)25-39(42(31,5)38(34)20-21-41(36,37)4)45-40(44)33-15-9-14-30-22-28-12-6-7-13-29(28)23-35(30)33/h6-7,9,12-16,22-23,26-27,32,34,36-39,43H,8,10-11,17-21,24-25H2,1-5H3/t27-,32-,34+,36-,37+,38+,39?,41-,42+/m1/s1. The molecule has 0 radical (unpaired) electrons. The van der Waals surface area contributed by atoms with Crippen LogP contribution in [0.3, 0.4) is 0 Å². The Balaban J connectivity index is 1.16. The monoisotopic (exact) mass is 606 g/mol. The number of allylic oxidation sites excluding steroid dienone is 1. The number of fused-ring (bicyclic) bond motifs is 7. The molecule has 1 unspecified atom stereocenters. The van der Waals surface area contributed by atoms with Crippen molar-refractivity contribution in [1.82, 2.24) is 0 Å². The Bertz CT molecular complexity index is 1600. The number of carbonyl (C=O) groups is 1. The number of ether oxygens (including phenoxy) is 1. The van der Waals surface area contributed by atoms with Crippen molar-refractivity contribution in [2.24, 2.45) is 46.3 Å². The molecular formula is C42H54O3. The predicted octanol–water partition coefficient (Wildman–Crippen LogP) is 10.5. The van der Waals surface area contributed by atoms with E-state index in [0.29, 0.717) is 35.7 Å². The van der Waals surface area contributed by atoms with Gasteiger partial charge >= 0.3 is 5.97 Å². The lowest BCUT2D eigenvalue weighted by Crippen LogP contribution is -2.56. The first kappa shape index (κ1) is 31.0. The largest absolute Gasteiger partial charge is 0.458 e. The molecule has 0 heterocycles. The maximum absolute atomic E-state index is 14.1. The number of rotatable bonds is 7. The molecule has 3 nitrogen and oxygen atoms in total. The zero-order valence-corrected chi connectivity index (χ0v) is 28.2. The third-order valence-corrected chi connectivity index (χ3v) is 13.6. The quantitative estimate of drug-likeness (QED) is 0.165. The van der Waals surface area contributed by atoms with Gasteiger partial charge in [0.05, 0.1) is 11.7 Å². The summed E-state index contributed by atoms with van der Waals surface area (Å²) in [5.41, 5.74) is 2.15. The summed E-state index contributed by atoms with van der Waals surface area (Å²) in [7, 11) is 0. The molecule has 9 atom stereocenters. The highest BCUT2D eigenvalue weighted by atomic mass is 16.5. The Kier molecular flexibility index (Phi) is 8.16. The Morgan fingerprint density at radius 3 is 2.47 bits per heavy atom. The fraction of sp³-hybridized carbons (Fsp3) is 0.595. The van der Waals surface area contributed by atoms with Gasteiger partial charge in [0.2, 0.25) is 0 Å². The van der Waals surface area contributed by atoms with Gasteiger partial charge in [-0.25, -0.2) is 4.79 Å². The van der Waals surface area contributed by atoms with Gasteiger partial charge in [0, 0.05) is 11.8 Å². The molecule has 0 saturated heterocycles. The second kappa shape index (κ2) is 11.9. The number of benzene rings is 3. The lowest BCUT2D eigenvalue weighted by Gasteiger charge is -2.60. The van der Waals surface area contributed by atoms with Gasteiger partial charge in [0.1, 0.15) is 6.10 Å². The lowest BCUT2D eigenvalue weighted by atomic mass is 9.46. The van der Waals surface area contributed by atoms with Crippen LogP contribution in [-0.2, 0) is 4.74 Å². The Labute approximate surface area is 270 Å². The van der Waals surface area contributed by atoms with Gasteiger partial charge in [0.15, 0.2) is 0 Å². The average molecular weight is 607 g/mol. The van der Waals surface area contributed by atoms with Crippen molar-refractivity contribution in [2.45, 2.75) is 111 Å². The molecule has 0 aromatic heterocycles. The minimum absolute atomic E-state index is 0.225. The molecule has 3 aromatic rings. The van der Waals surface area contributed by atoms with Crippen molar-refractivity contribution in [3.05, 3.63) is 71.8 Å². The molecule has 45 heavy (non-hydrogen) atoms. The normalized spacial score (nSPS) is 35.0. The van der Waals surface area contributed by atoms with Crippen LogP contribution in [0.25, 0.3) is 21.5 Å². The summed E-state index contributed by atoms with van der Waals surface area (Å²) in [6, 6.07) is 18.6. The summed E-state index contributed by atoms with van der Waals surface area (Å²) in [5, 5.41) is 15.3. The van der Waals surface area contributed by atoms with Crippen LogP contribution in [-0.4, -0.2) is 23.3 Å². The Morgan fingerprint density at radius 2 is 1.69 bits per heavy atom. The first-order chi connectivity index (χ1) is 21.6. The van der Waals surface area contributed by atoms with Gasteiger partial charge < -0.3 is 9.84 Å². The number of aliphatic hydroxyl groups excluding tert-OH is 1. The third kappa shape index (κ3) is 5.26. The Morgan fingerprint density at radius 1 is 0.933 bits per heavy atom. The topological polar surface area (TPSA) is 46.5 Å². The molecule has 0 bridgehead atoms. The molecular weight excluding hydrogens is 552 g/mol. The first-order valence-corrected chi connectivity index (χ1v) is 18.1. The number of hydrogen-bond donors (Lipinski definition) is 1. The minimum atomic E-state index is -0.466. The van der Waals surface area contributed by atoms with E-state index in [2.05, 4.69) is 77.1 Å². The van der Waals surface area contributed by atoms with Crippen molar-refractivity contribution in [2.75, 3.05) is 0 Å². The van der Waals surface area contributed by atoms with Crippen molar-refractivity contribution < 1.29 is 14.6 Å². The zero-order chi connectivity index (χ0) is 31.5. The maximum atomic E-state index is 14.1. The van der Waals surface area contributed by atoms with E-state index in [1.54, 1.807) is 0 Å². The fourth-order valence-corrected chi connectivity index (χ4v) is 11.2. The number of hydrogen-bond acceptors (Lipinski definition) is 3. The number of carbonyl (C=O) groups excluding carboxylic acids is 1. The SMILES string of the molecule is CC(C)CCC[C@@H](C)[C@H]1CC[C@H]2[C@@H]3CC=C4C[C@@H](O)CC(OC(=O)c5cccc6cc7ccccc7cc56)[C@]4(C)[C@H]3CC[C@]12C. The van der Waals surface area contributed by atoms with E-state index in [0.717, 1.165) is 46.3 Å². The lowest BCUT2D eigenvalue weighted by molar-refractivity contribution is -0.113. The van der Waals surface area contributed by atoms with Gasteiger partial charge in [-0.2, -0.15) is 0 Å². The van der Waals surface area contributed by atoms with Crippen LogP contribution >= 0.6 is 0 Å². The molecule has 240 valence electrons. The summed E-state index contributed by atoms with van der Waals surface area (Å²) in [6.45, 7) is 12.3. The molecule has 3 aromatic carbocycles. The first-order valence-electron chi connectivity index (χ1n) is 18.1. The van der Waals surface area contributed by atoms with Gasteiger partial charge in [-0.1, -0.05) is 102 Å². The van der Waals surface area contributed by atoms with Crippen LogP contribution in [0.2, 0.25) is 0 Å². The van der Waals surface area contributed by atoms with Crippen molar-refractivity contribution in [3.63, 3.8) is 0 Å². The summed E-state index contributed by atoms with van der Waals surface area (Å²) >= 11 is 0. The van der Waals surface area contributed by atoms with E-state index in [9.17, 15) is 9.90 Å². The van der Waals surface area contributed by atoms with Crippen molar-refractivity contribution >= 4 is 27.5 Å². The fourth-order valence-electron chi connectivity index (χ4n) is 11.2.